The number of ether oxygens (including phenoxy) is 1. The second kappa shape index (κ2) is 5.38. The van der Waals surface area contributed by atoms with Crippen molar-refractivity contribution in [1.29, 1.82) is 0 Å². The Morgan fingerprint density at radius 1 is 1.65 bits per heavy atom. The molecule has 1 saturated heterocycles. The Kier molecular flexibility index (Phi) is 4.27. The van der Waals surface area contributed by atoms with Gasteiger partial charge in [-0.2, -0.15) is 0 Å². The molecule has 0 aromatic carbocycles. The Hall–Kier alpha value is -0.480. The molecule has 2 atom stereocenters. The lowest BCUT2D eigenvalue weighted by molar-refractivity contribution is -0.148. The maximum Gasteiger partial charge on any atom is 0.313 e. The first-order valence-corrected chi connectivity index (χ1v) is 8.85. The van der Waals surface area contributed by atoms with Gasteiger partial charge in [-0.15, -0.1) is 11.3 Å². The van der Waals surface area contributed by atoms with Crippen LogP contribution >= 0.6 is 27.3 Å². The van der Waals surface area contributed by atoms with Gasteiger partial charge in [-0.05, 0) is 41.4 Å². The first-order chi connectivity index (χ1) is 9.17. The van der Waals surface area contributed by atoms with Crippen molar-refractivity contribution in [2.45, 2.75) is 24.1 Å². The molecule has 9 heteroatoms. The van der Waals surface area contributed by atoms with E-state index in [2.05, 4.69) is 20.7 Å². The van der Waals surface area contributed by atoms with E-state index < -0.39 is 27.4 Å². The van der Waals surface area contributed by atoms with Crippen molar-refractivity contribution in [3.63, 3.8) is 0 Å². The molecule has 0 bridgehead atoms. The zero-order valence-corrected chi connectivity index (χ0v) is 14.1. The van der Waals surface area contributed by atoms with E-state index in [0.717, 1.165) is 20.7 Å². The minimum atomic E-state index is -3.75. The highest BCUT2D eigenvalue weighted by Gasteiger charge is 2.48. The van der Waals surface area contributed by atoms with Crippen molar-refractivity contribution in [3.05, 3.63) is 15.4 Å². The lowest BCUT2D eigenvalue weighted by Crippen LogP contribution is -2.49. The lowest BCUT2D eigenvalue weighted by Gasteiger charge is -2.24. The minimum Gasteiger partial charge on any atom is -0.481 e. The highest BCUT2D eigenvalue weighted by molar-refractivity contribution is 9.11. The molecule has 6 nitrogen and oxygen atoms in total. The molecule has 0 radical (unpaired) electrons. The predicted octanol–water partition coefficient (Wildman–Crippen LogP) is 1.59. The molecule has 2 unspecified atom stereocenters. The Labute approximate surface area is 129 Å². The summed E-state index contributed by atoms with van der Waals surface area (Å²) in [6, 6.07) is 0.761. The highest BCUT2D eigenvalue weighted by atomic mass is 79.9. The third kappa shape index (κ3) is 2.77. The van der Waals surface area contributed by atoms with Crippen LogP contribution in [0.3, 0.4) is 0 Å². The van der Waals surface area contributed by atoms with Crippen molar-refractivity contribution < 1.29 is 23.1 Å². The third-order valence-corrected chi connectivity index (χ3v) is 7.42. The van der Waals surface area contributed by atoms with E-state index in [-0.39, 0.29) is 17.4 Å². The number of rotatable bonds is 4. The molecular weight excluding hydrogens is 370 g/mol. The Bertz CT molecular complexity index is 622. The fourth-order valence-electron chi connectivity index (χ4n) is 1.86. The van der Waals surface area contributed by atoms with Crippen molar-refractivity contribution >= 4 is 43.3 Å². The van der Waals surface area contributed by atoms with Gasteiger partial charge in [0.25, 0.3) is 0 Å². The molecule has 1 aliphatic heterocycles. The number of carbonyl (C=O) groups is 1. The predicted molar refractivity (Wildman–Crippen MR) is 77.4 cm³/mol. The van der Waals surface area contributed by atoms with Gasteiger partial charge in [-0.3, -0.25) is 4.79 Å². The summed E-state index contributed by atoms with van der Waals surface area (Å²) in [5.74, 6) is -1.08. The van der Waals surface area contributed by atoms with E-state index in [1.807, 2.05) is 0 Å². The van der Waals surface area contributed by atoms with Crippen LogP contribution in [-0.4, -0.2) is 38.7 Å². The highest BCUT2D eigenvalue weighted by Crippen LogP contribution is 2.33. The summed E-state index contributed by atoms with van der Waals surface area (Å²) in [7, 11) is -3.75. The van der Waals surface area contributed by atoms with Crippen LogP contribution in [0.5, 0.6) is 0 Å². The van der Waals surface area contributed by atoms with Crippen LogP contribution in [0.25, 0.3) is 0 Å². The van der Waals surface area contributed by atoms with Gasteiger partial charge in [0.1, 0.15) is 9.62 Å². The van der Waals surface area contributed by atoms with E-state index in [1.54, 1.807) is 13.0 Å². The number of hydrogen-bond donors (Lipinski definition) is 2. The van der Waals surface area contributed by atoms with E-state index >= 15 is 0 Å². The SMILES string of the molecule is Cc1cc(S(=O)(=O)NC2COCC2(C)C(=O)O)sc1Br. The maximum absolute atomic E-state index is 12.3. The van der Waals surface area contributed by atoms with E-state index in [4.69, 9.17) is 4.74 Å². The Balaban J connectivity index is 2.27. The molecule has 112 valence electrons. The molecule has 0 saturated carbocycles. The number of aliphatic carboxylic acids is 1. The average Bonchev–Trinajstić information content (AvgIpc) is 2.86. The first kappa shape index (κ1) is 15.9. The van der Waals surface area contributed by atoms with Crippen molar-refractivity contribution in [3.8, 4) is 0 Å². The van der Waals surface area contributed by atoms with Crippen LogP contribution in [0.2, 0.25) is 0 Å². The maximum atomic E-state index is 12.3. The summed E-state index contributed by atoms with van der Waals surface area (Å²) in [4.78, 5) is 11.3. The zero-order chi connectivity index (χ0) is 15.1. The normalized spacial score (nSPS) is 26.9. The van der Waals surface area contributed by atoms with Crippen LogP contribution in [0, 0.1) is 12.3 Å². The average molecular weight is 384 g/mol. The number of nitrogens with one attached hydrogen (secondary N) is 1. The molecule has 0 amide bonds. The van der Waals surface area contributed by atoms with Crippen LogP contribution in [0.1, 0.15) is 12.5 Å². The fraction of sp³-hybridized carbons (Fsp3) is 0.545. The molecule has 2 heterocycles. The smallest absolute Gasteiger partial charge is 0.313 e. The molecule has 20 heavy (non-hydrogen) atoms. The molecule has 2 N–H and O–H groups in total. The minimum absolute atomic E-state index is 0.0112. The van der Waals surface area contributed by atoms with Crippen molar-refractivity contribution in [1.82, 2.24) is 4.72 Å². The van der Waals surface area contributed by atoms with Gasteiger partial charge in [0, 0.05) is 0 Å². The number of thiophene rings is 1. The van der Waals surface area contributed by atoms with Crippen LogP contribution < -0.4 is 4.72 Å². The third-order valence-electron chi connectivity index (χ3n) is 3.34. The lowest BCUT2D eigenvalue weighted by atomic mass is 9.86. The quantitative estimate of drug-likeness (QED) is 0.823. The second-order valence-corrected chi connectivity index (χ2v) is 9.24. The van der Waals surface area contributed by atoms with E-state index in [1.165, 1.54) is 6.92 Å². The molecule has 1 aromatic rings. The second-order valence-electron chi connectivity index (χ2n) is 4.93. The van der Waals surface area contributed by atoms with Gasteiger partial charge < -0.3 is 9.84 Å². The first-order valence-electron chi connectivity index (χ1n) is 5.76. The Morgan fingerprint density at radius 2 is 2.30 bits per heavy atom. The molecule has 2 rings (SSSR count). The van der Waals surface area contributed by atoms with E-state index in [0.29, 0.717) is 0 Å². The number of halogens is 1. The molecule has 0 spiro atoms. The fourth-order valence-corrected chi connectivity index (χ4v) is 5.43. The monoisotopic (exact) mass is 383 g/mol. The summed E-state index contributed by atoms with van der Waals surface area (Å²) in [6.07, 6.45) is 0. The van der Waals surface area contributed by atoms with Gasteiger partial charge in [-0.1, -0.05) is 0 Å². The summed E-state index contributed by atoms with van der Waals surface area (Å²) < 4.78 is 33.1. The van der Waals surface area contributed by atoms with Gasteiger partial charge >= 0.3 is 5.97 Å². The number of aryl methyl sites for hydroxylation is 1. The molecule has 1 aromatic heterocycles. The zero-order valence-electron chi connectivity index (χ0n) is 10.8. The summed E-state index contributed by atoms with van der Waals surface area (Å²) in [6.45, 7) is 3.31. The van der Waals surface area contributed by atoms with Crippen LogP contribution in [-0.2, 0) is 19.6 Å². The molecular formula is C11H14BrNO5S2. The summed E-state index contributed by atoms with van der Waals surface area (Å²) in [5, 5.41) is 9.24. The number of carboxylic acid groups (broad SMARTS) is 1. The van der Waals surface area contributed by atoms with Gasteiger partial charge in [0.2, 0.25) is 10.0 Å². The van der Waals surface area contributed by atoms with E-state index in [9.17, 15) is 18.3 Å². The van der Waals surface area contributed by atoms with Crippen LogP contribution in [0.4, 0.5) is 0 Å². The van der Waals surface area contributed by atoms with Gasteiger partial charge in [-0.25, -0.2) is 13.1 Å². The molecule has 0 aliphatic carbocycles. The van der Waals surface area contributed by atoms with Crippen molar-refractivity contribution in [2.24, 2.45) is 5.41 Å². The molecule has 1 aliphatic rings. The molecule has 1 fully saturated rings. The summed E-state index contributed by atoms with van der Waals surface area (Å²) >= 11 is 4.37. The summed E-state index contributed by atoms with van der Waals surface area (Å²) in [5.41, 5.74) is -0.435. The standard InChI is InChI=1S/C11H14BrNO5S2/c1-6-3-8(19-9(6)12)20(16,17)13-7-4-18-5-11(7,2)10(14)15/h3,7,13H,4-5H2,1-2H3,(H,14,15). The number of hydrogen-bond acceptors (Lipinski definition) is 5. The number of carboxylic acids is 1. The van der Waals surface area contributed by atoms with Gasteiger partial charge in [0.05, 0.1) is 23.0 Å². The van der Waals surface area contributed by atoms with Crippen LogP contribution in [0.15, 0.2) is 14.1 Å². The number of sulfonamides is 1. The topological polar surface area (TPSA) is 92.7 Å². The van der Waals surface area contributed by atoms with Crippen molar-refractivity contribution in [2.75, 3.05) is 13.2 Å². The largest absolute Gasteiger partial charge is 0.481 e. The Morgan fingerprint density at radius 3 is 2.80 bits per heavy atom. The van der Waals surface area contributed by atoms with Gasteiger partial charge in [0.15, 0.2) is 0 Å².